The number of ether oxygens (including phenoxy) is 7. The molecule has 3 N–H and O–H groups in total. The number of hydrogen-bond acceptors (Lipinski definition) is 13. The highest BCUT2D eigenvalue weighted by molar-refractivity contribution is 5.83. The maximum absolute atomic E-state index is 12.9. The lowest BCUT2D eigenvalue weighted by molar-refractivity contribution is -0.327. The molecule has 0 aliphatic carbocycles. The first-order valence-corrected chi connectivity index (χ1v) is 16.9. The summed E-state index contributed by atoms with van der Waals surface area (Å²) in [6.07, 6.45) is 4.47. The highest BCUT2D eigenvalue weighted by atomic mass is 16.7. The van der Waals surface area contributed by atoms with Gasteiger partial charge in [0, 0.05) is 44.1 Å². The molecule has 4 aliphatic heterocycles. The van der Waals surface area contributed by atoms with E-state index in [-0.39, 0.29) is 55.7 Å². The first-order valence-electron chi connectivity index (χ1n) is 16.9. The molecule has 4 rings (SSSR count). The minimum Gasteiger partial charge on any atom is -0.466 e. The molecule has 0 aromatic rings. The predicted molar refractivity (Wildman–Crippen MR) is 170 cm³/mol. The minimum absolute atomic E-state index is 0.0221. The summed E-state index contributed by atoms with van der Waals surface area (Å²) in [7, 11) is 1.20. The highest BCUT2D eigenvalue weighted by Gasteiger charge is 2.57. The summed E-state index contributed by atoms with van der Waals surface area (Å²) in [5, 5.41) is 33.3. The third-order valence-electron chi connectivity index (χ3n) is 9.42. The van der Waals surface area contributed by atoms with Gasteiger partial charge in [0.2, 0.25) is 5.79 Å². The molecular weight excluding hydrogens is 628 g/mol. The van der Waals surface area contributed by atoms with Crippen molar-refractivity contribution in [1.82, 2.24) is 0 Å². The van der Waals surface area contributed by atoms with Crippen LogP contribution in [0.4, 0.5) is 0 Å². The van der Waals surface area contributed by atoms with Crippen molar-refractivity contribution in [1.29, 1.82) is 0 Å². The van der Waals surface area contributed by atoms with Crippen molar-refractivity contribution in [2.24, 2.45) is 5.41 Å². The van der Waals surface area contributed by atoms with Gasteiger partial charge in [0.25, 0.3) is 0 Å². The lowest BCUT2D eigenvalue weighted by Gasteiger charge is -2.51. The molecule has 0 aromatic heterocycles. The SMILES string of the molecule is C=CCC1CC2CC3CCC[C@@H](C[C@@H](O)CC(=O)OC(CO)CC4C/C(=C\C(=O)OC)[C@H](OC(C)=O)C(O)(O4)C(C)(C)/C=C/C(O1)O2)O3. The Kier molecular flexibility index (Phi) is 13.4. The van der Waals surface area contributed by atoms with Crippen LogP contribution in [-0.4, -0.2) is 108 Å². The third kappa shape index (κ3) is 9.96. The standard InChI is InChI=1S/C35H52O13/c1-6-8-24-17-27-18-26-10-7-9-25(44-26)15-23(38)16-31(40)45-29(20-36)19-28-13-22(14-30(39)42-5)33(43-21(2)37)35(41,48-28)34(3,4)12-11-32(46-24)47-27/h6,11-12,14,23-29,32-33,36,38,41H,1,7-10,13,15-20H2,2-5H3/b12-11+,22-14+/t23-,24?,25+,26?,27?,28?,29?,32?,33+,35?/m1/s1. The third-order valence-corrected chi connectivity index (χ3v) is 9.42. The Balaban J connectivity index is 1.74. The summed E-state index contributed by atoms with van der Waals surface area (Å²) in [6.45, 7) is 7.82. The molecule has 0 spiro atoms. The van der Waals surface area contributed by atoms with Gasteiger partial charge in [-0.1, -0.05) is 26.0 Å². The fourth-order valence-corrected chi connectivity index (χ4v) is 6.99. The molecule has 13 nitrogen and oxygen atoms in total. The van der Waals surface area contributed by atoms with Crippen LogP contribution in [0.1, 0.15) is 85.0 Å². The molecule has 7 unspecified atom stereocenters. The van der Waals surface area contributed by atoms with Crippen LogP contribution < -0.4 is 0 Å². The van der Waals surface area contributed by atoms with E-state index in [0.717, 1.165) is 25.3 Å². The fourth-order valence-electron chi connectivity index (χ4n) is 6.99. The molecule has 48 heavy (non-hydrogen) atoms. The molecule has 4 heterocycles. The zero-order chi connectivity index (χ0) is 35.1. The zero-order valence-electron chi connectivity index (χ0n) is 28.4. The average molecular weight is 681 g/mol. The number of rotatable bonds is 5. The summed E-state index contributed by atoms with van der Waals surface area (Å²) < 4.78 is 41.2. The Bertz CT molecular complexity index is 1200. The zero-order valence-corrected chi connectivity index (χ0v) is 28.4. The number of carbonyl (C=O) groups is 3. The van der Waals surface area contributed by atoms with E-state index in [1.807, 2.05) is 0 Å². The van der Waals surface area contributed by atoms with Crippen LogP contribution in [0.5, 0.6) is 0 Å². The molecule has 6 bridgehead atoms. The van der Waals surface area contributed by atoms with E-state index in [9.17, 15) is 29.7 Å². The Morgan fingerprint density at radius 1 is 1.02 bits per heavy atom. The van der Waals surface area contributed by atoms with Crippen molar-refractivity contribution >= 4 is 17.9 Å². The van der Waals surface area contributed by atoms with E-state index < -0.39 is 66.4 Å². The van der Waals surface area contributed by atoms with Crippen LogP contribution in [0.2, 0.25) is 0 Å². The van der Waals surface area contributed by atoms with Crippen molar-refractivity contribution in [2.45, 2.75) is 146 Å². The molecule has 13 heteroatoms. The summed E-state index contributed by atoms with van der Waals surface area (Å²) >= 11 is 0. The quantitative estimate of drug-likeness (QED) is 0.167. The molecule has 0 radical (unpaired) electrons. The van der Waals surface area contributed by atoms with E-state index in [1.54, 1.807) is 32.1 Å². The molecule has 10 atom stereocenters. The number of fused-ring (bicyclic) bond motifs is 6. The first-order chi connectivity index (χ1) is 22.7. The van der Waals surface area contributed by atoms with Gasteiger partial charge < -0.3 is 48.5 Å². The Hall–Kier alpha value is -2.65. The van der Waals surface area contributed by atoms with Crippen LogP contribution in [0.15, 0.2) is 36.5 Å². The van der Waals surface area contributed by atoms with Crippen LogP contribution in [-0.2, 0) is 47.5 Å². The summed E-state index contributed by atoms with van der Waals surface area (Å²) in [5.74, 6) is -4.44. The Labute approximate surface area is 282 Å². The largest absolute Gasteiger partial charge is 0.466 e. The van der Waals surface area contributed by atoms with Crippen LogP contribution in [0.3, 0.4) is 0 Å². The molecule has 0 amide bonds. The second kappa shape index (κ2) is 16.8. The van der Waals surface area contributed by atoms with Gasteiger partial charge in [0.15, 0.2) is 12.4 Å². The van der Waals surface area contributed by atoms with Crippen molar-refractivity contribution in [2.75, 3.05) is 13.7 Å². The van der Waals surface area contributed by atoms with E-state index >= 15 is 0 Å². The number of hydrogen-bond donors (Lipinski definition) is 3. The van der Waals surface area contributed by atoms with Crippen molar-refractivity contribution in [3.05, 3.63) is 36.5 Å². The molecular formula is C35H52O13. The van der Waals surface area contributed by atoms with E-state index in [2.05, 4.69) is 6.58 Å². The summed E-state index contributed by atoms with van der Waals surface area (Å²) in [6, 6.07) is 0. The van der Waals surface area contributed by atoms with Gasteiger partial charge in [-0.2, -0.15) is 0 Å². The number of carbonyl (C=O) groups excluding carboxylic acids is 3. The molecule has 4 aliphatic rings. The molecule has 3 saturated heterocycles. The van der Waals surface area contributed by atoms with E-state index in [1.165, 1.54) is 14.0 Å². The minimum atomic E-state index is -2.27. The normalized spacial score (nSPS) is 39.4. The number of cyclic esters (lactones) is 1. The summed E-state index contributed by atoms with van der Waals surface area (Å²) in [4.78, 5) is 37.7. The van der Waals surface area contributed by atoms with Crippen molar-refractivity contribution < 1.29 is 62.9 Å². The second-order valence-corrected chi connectivity index (χ2v) is 13.8. The van der Waals surface area contributed by atoms with Gasteiger partial charge in [-0.15, -0.1) is 6.58 Å². The smallest absolute Gasteiger partial charge is 0.330 e. The molecule has 0 aromatic carbocycles. The van der Waals surface area contributed by atoms with Gasteiger partial charge in [-0.3, -0.25) is 9.59 Å². The van der Waals surface area contributed by atoms with Crippen molar-refractivity contribution in [3.8, 4) is 0 Å². The van der Waals surface area contributed by atoms with Gasteiger partial charge in [0.05, 0.1) is 56.8 Å². The predicted octanol–water partition coefficient (Wildman–Crippen LogP) is 2.93. The maximum Gasteiger partial charge on any atom is 0.330 e. The lowest BCUT2D eigenvalue weighted by Crippen LogP contribution is -2.62. The molecule has 270 valence electrons. The molecule has 0 saturated carbocycles. The van der Waals surface area contributed by atoms with Crippen LogP contribution >= 0.6 is 0 Å². The number of esters is 3. The van der Waals surface area contributed by atoms with Gasteiger partial charge in [0.1, 0.15) is 6.10 Å². The first kappa shape index (κ1) is 38.2. The molecule has 3 fully saturated rings. The fraction of sp³-hybridized carbons (Fsp3) is 0.743. The van der Waals surface area contributed by atoms with Gasteiger partial charge in [-0.05, 0) is 43.8 Å². The van der Waals surface area contributed by atoms with Gasteiger partial charge in [-0.25, -0.2) is 4.79 Å². The summed E-state index contributed by atoms with van der Waals surface area (Å²) in [5.41, 5.74) is -1.11. The van der Waals surface area contributed by atoms with Crippen LogP contribution in [0.25, 0.3) is 0 Å². The number of aliphatic hydroxyl groups excluding tert-OH is 2. The Morgan fingerprint density at radius 2 is 1.73 bits per heavy atom. The second-order valence-electron chi connectivity index (χ2n) is 13.8. The van der Waals surface area contributed by atoms with Crippen molar-refractivity contribution in [3.63, 3.8) is 0 Å². The van der Waals surface area contributed by atoms with E-state index in [0.29, 0.717) is 19.3 Å². The van der Waals surface area contributed by atoms with Gasteiger partial charge >= 0.3 is 17.9 Å². The maximum atomic E-state index is 12.9. The topological polar surface area (TPSA) is 177 Å². The van der Waals surface area contributed by atoms with Crippen LogP contribution in [0, 0.1) is 5.41 Å². The number of methoxy groups -OCH3 is 1. The lowest BCUT2D eigenvalue weighted by atomic mass is 9.74. The van der Waals surface area contributed by atoms with E-state index in [4.69, 9.17) is 33.2 Å². The highest BCUT2D eigenvalue weighted by Crippen LogP contribution is 2.47. The Morgan fingerprint density at radius 3 is 2.40 bits per heavy atom. The monoisotopic (exact) mass is 680 g/mol. The number of aliphatic hydroxyl groups is 3. The average Bonchev–Trinajstić information content (AvgIpc) is 3.01.